The monoisotopic (exact) mass is 335 g/mol. The van der Waals surface area contributed by atoms with Gasteiger partial charge in [-0.2, -0.15) is 0 Å². The number of amides is 2. The quantitative estimate of drug-likeness (QED) is 0.725. The molecule has 0 heterocycles. The Labute approximate surface area is 144 Å². The Kier molecular flexibility index (Phi) is 7.71. The van der Waals surface area contributed by atoms with Gasteiger partial charge in [-0.25, -0.2) is 0 Å². The first-order valence-corrected chi connectivity index (χ1v) is 8.40. The third-order valence-corrected chi connectivity index (χ3v) is 4.58. The number of methoxy groups -OCH3 is 1. The van der Waals surface area contributed by atoms with Crippen LogP contribution >= 0.6 is 0 Å². The van der Waals surface area contributed by atoms with Crippen LogP contribution in [0.15, 0.2) is 24.3 Å². The minimum Gasteiger partial charge on any atom is -0.495 e. The van der Waals surface area contributed by atoms with Crippen molar-refractivity contribution in [2.45, 2.75) is 33.6 Å². The molecule has 0 saturated carbocycles. The van der Waals surface area contributed by atoms with E-state index in [9.17, 15) is 9.59 Å². The highest BCUT2D eigenvalue weighted by Crippen LogP contribution is 2.28. The number of nitrogens with zero attached hydrogens (tertiary/aromatic N) is 1. The van der Waals surface area contributed by atoms with Crippen LogP contribution in [0.4, 0.5) is 5.69 Å². The number of anilines is 1. The highest BCUT2D eigenvalue weighted by molar-refractivity contribution is 5.96. The van der Waals surface area contributed by atoms with Crippen LogP contribution < -0.4 is 15.8 Å². The van der Waals surface area contributed by atoms with Crippen molar-refractivity contribution in [1.82, 2.24) is 4.90 Å². The molecule has 1 aromatic rings. The highest BCUT2D eigenvalue weighted by atomic mass is 16.5. The summed E-state index contributed by atoms with van der Waals surface area (Å²) in [5.74, 6) is 0.263. The van der Waals surface area contributed by atoms with Gasteiger partial charge in [0.15, 0.2) is 0 Å². The summed E-state index contributed by atoms with van der Waals surface area (Å²) in [6.07, 6.45) is 1.31. The first-order valence-electron chi connectivity index (χ1n) is 8.40. The second-order valence-electron chi connectivity index (χ2n) is 5.76. The average molecular weight is 335 g/mol. The summed E-state index contributed by atoms with van der Waals surface area (Å²) in [6.45, 7) is 6.51. The van der Waals surface area contributed by atoms with Gasteiger partial charge in [-0.15, -0.1) is 0 Å². The van der Waals surface area contributed by atoms with Crippen molar-refractivity contribution < 1.29 is 14.3 Å². The molecule has 6 nitrogen and oxygen atoms in total. The van der Waals surface area contributed by atoms with E-state index in [0.29, 0.717) is 30.8 Å². The minimum atomic E-state index is -0.597. The number of ether oxygens (including phenoxy) is 1. The van der Waals surface area contributed by atoms with Crippen molar-refractivity contribution in [2.24, 2.45) is 11.1 Å². The number of carbonyl (C=O) groups excluding carboxylic acids is 2. The van der Waals surface area contributed by atoms with E-state index in [1.165, 1.54) is 0 Å². The van der Waals surface area contributed by atoms with E-state index in [0.717, 1.165) is 0 Å². The number of nitrogens with one attached hydrogen (secondary N) is 1. The zero-order valence-electron chi connectivity index (χ0n) is 15.1. The molecule has 24 heavy (non-hydrogen) atoms. The standard InChI is InChI=1S/C18H29N3O3/c1-5-18(6-2,13-19)17(23)21(7-3)12-16(22)20-14-10-8-9-11-15(14)24-4/h8-11H,5-7,12-13,19H2,1-4H3,(H,20,22). The fourth-order valence-electron chi connectivity index (χ4n) is 2.70. The number of rotatable bonds is 9. The Morgan fingerprint density at radius 3 is 2.33 bits per heavy atom. The topological polar surface area (TPSA) is 84.7 Å². The van der Waals surface area contributed by atoms with Gasteiger partial charge in [0.05, 0.1) is 24.8 Å². The number of nitrogens with two attached hydrogens (primary N) is 1. The van der Waals surface area contributed by atoms with Crippen LogP contribution in [0.1, 0.15) is 33.6 Å². The zero-order chi connectivity index (χ0) is 18.2. The van der Waals surface area contributed by atoms with Crippen LogP contribution in [-0.4, -0.2) is 43.5 Å². The lowest BCUT2D eigenvalue weighted by Gasteiger charge is -2.34. The van der Waals surface area contributed by atoms with Crippen molar-refractivity contribution >= 4 is 17.5 Å². The highest BCUT2D eigenvalue weighted by Gasteiger charge is 2.36. The second kappa shape index (κ2) is 9.27. The van der Waals surface area contributed by atoms with Crippen LogP contribution in [0.2, 0.25) is 0 Å². The summed E-state index contributed by atoms with van der Waals surface area (Å²) in [6, 6.07) is 7.17. The van der Waals surface area contributed by atoms with E-state index in [-0.39, 0.29) is 24.9 Å². The molecule has 0 bridgehead atoms. The summed E-state index contributed by atoms with van der Waals surface area (Å²) in [5.41, 5.74) is 5.84. The number of likely N-dealkylation sites (N-methyl/N-ethyl adjacent to an activating group) is 1. The maximum Gasteiger partial charge on any atom is 0.244 e. The number of hydrogen-bond donors (Lipinski definition) is 2. The van der Waals surface area contributed by atoms with Crippen LogP contribution in [-0.2, 0) is 9.59 Å². The predicted molar refractivity (Wildman–Crippen MR) is 95.9 cm³/mol. The molecule has 3 N–H and O–H groups in total. The van der Waals surface area contributed by atoms with Crippen LogP contribution in [0.5, 0.6) is 5.75 Å². The molecule has 0 atom stereocenters. The third-order valence-electron chi connectivity index (χ3n) is 4.58. The van der Waals surface area contributed by atoms with E-state index in [4.69, 9.17) is 10.5 Å². The average Bonchev–Trinajstić information content (AvgIpc) is 2.62. The zero-order valence-corrected chi connectivity index (χ0v) is 15.1. The van der Waals surface area contributed by atoms with Gasteiger partial charge >= 0.3 is 0 Å². The Morgan fingerprint density at radius 2 is 1.83 bits per heavy atom. The molecule has 0 aromatic heterocycles. The molecule has 0 aliphatic heterocycles. The van der Waals surface area contributed by atoms with Crippen molar-refractivity contribution in [3.05, 3.63) is 24.3 Å². The van der Waals surface area contributed by atoms with E-state index in [1.807, 2.05) is 32.9 Å². The molecule has 134 valence electrons. The van der Waals surface area contributed by atoms with Gasteiger partial charge < -0.3 is 20.7 Å². The van der Waals surface area contributed by atoms with Crippen molar-refractivity contribution in [1.29, 1.82) is 0 Å². The minimum absolute atomic E-state index is 0.00483. The van der Waals surface area contributed by atoms with E-state index < -0.39 is 5.41 Å². The molecule has 2 amide bonds. The van der Waals surface area contributed by atoms with Gasteiger partial charge in [0, 0.05) is 13.1 Å². The lowest BCUT2D eigenvalue weighted by molar-refractivity contribution is -0.144. The lowest BCUT2D eigenvalue weighted by atomic mass is 9.81. The van der Waals surface area contributed by atoms with Crippen LogP contribution in [0.25, 0.3) is 0 Å². The molecule has 0 unspecified atom stereocenters. The molecule has 6 heteroatoms. The van der Waals surface area contributed by atoms with Gasteiger partial charge in [-0.05, 0) is 31.9 Å². The molecule has 0 aliphatic carbocycles. The third kappa shape index (κ3) is 4.47. The Balaban J connectivity index is 2.84. The van der Waals surface area contributed by atoms with E-state index >= 15 is 0 Å². The van der Waals surface area contributed by atoms with Crippen LogP contribution in [0.3, 0.4) is 0 Å². The Morgan fingerprint density at radius 1 is 1.21 bits per heavy atom. The van der Waals surface area contributed by atoms with Gasteiger partial charge in [-0.3, -0.25) is 9.59 Å². The van der Waals surface area contributed by atoms with Gasteiger partial charge in [0.2, 0.25) is 11.8 Å². The number of hydrogen-bond acceptors (Lipinski definition) is 4. The predicted octanol–water partition coefficient (Wildman–Crippen LogP) is 2.25. The van der Waals surface area contributed by atoms with Gasteiger partial charge in [0.25, 0.3) is 0 Å². The first kappa shape index (κ1) is 20.0. The van der Waals surface area contributed by atoms with E-state index in [1.54, 1.807) is 24.1 Å². The summed E-state index contributed by atoms with van der Waals surface area (Å²) in [5, 5.41) is 2.80. The number of para-hydroxylation sites is 2. The maximum atomic E-state index is 12.8. The molecule has 0 spiro atoms. The summed E-state index contributed by atoms with van der Waals surface area (Å²) < 4.78 is 5.22. The molecule has 0 aliphatic rings. The molecular formula is C18H29N3O3. The van der Waals surface area contributed by atoms with E-state index in [2.05, 4.69) is 5.32 Å². The molecule has 0 saturated heterocycles. The Bertz CT molecular complexity index is 548. The van der Waals surface area contributed by atoms with Crippen molar-refractivity contribution in [3.63, 3.8) is 0 Å². The first-order chi connectivity index (χ1) is 11.5. The van der Waals surface area contributed by atoms with Crippen molar-refractivity contribution in [2.75, 3.05) is 32.1 Å². The molecular weight excluding hydrogens is 306 g/mol. The smallest absolute Gasteiger partial charge is 0.244 e. The maximum absolute atomic E-state index is 12.8. The summed E-state index contributed by atoms with van der Waals surface area (Å²) in [7, 11) is 1.55. The van der Waals surface area contributed by atoms with Gasteiger partial charge in [0.1, 0.15) is 5.75 Å². The SMILES string of the molecule is CCN(CC(=O)Nc1ccccc1OC)C(=O)C(CC)(CC)CN. The molecule has 1 aromatic carbocycles. The fraction of sp³-hybridized carbons (Fsp3) is 0.556. The molecule has 0 radical (unpaired) electrons. The van der Waals surface area contributed by atoms with Crippen molar-refractivity contribution in [3.8, 4) is 5.75 Å². The molecule has 1 rings (SSSR count). The number of carbonyl (C=O) groups is 2. The second-order valence-corrected chi connectivity index (χ2v) is 5.76. The largest absolute Gasteiger partial charge is 0.495 e. The number of benzene rings is 1. The van der Waals surface area contributed by atoms with Gasteiger partial charge in [-0.1, -0.05) is 26.0 Å². The normalized spacial score (nSPS) is 11.0. The Hall–Kier alpha value is -2.08. The molecule has 0 fully saturated rings. The summed E-state index contributed by atoms with van der Waals surface area (Å²) in [4.78, 5) is 26.8. The fourth-order valence-corrected chi connectivity index (χ4v) is 2.70. The van der Waals surface area contributed by atoms with Crippen LogP contribution in [0, 0.1) is 5.41 Å². The lowest BCUT2D eigenvalue weighted by Crippen LogP contribution is -2.49. The summed E-state index contributed by atoms with van der Waals surface area (Å²) >= 11 is 0.